The van der Waals surface area contributed by atoms with Crippen LogP contribution in [-0.2, 0) is 25.3 Å². The molecule has 1 heterocycles. The normalized spacial score (nSPS) is 15.2. The van der Waals surface area contributed by atoms with E-state index >= 15 is 0 Å². The van der Waals surface area contributed by atoms with Crippen molar-refractivity contribution in [3.05, 3.63) is 58.1 Å². The van der Waals surface area contributed by atoms with Crippen LogP contribution in [0.3, 0.4) is 0 Å². The maximum Gasteiger partial charge on any atom is 0.243 e. The number of halogens is 1. The van der Waals surface area contributed by atoms with E-state index in [0.717, 1.165) is 21.3 Å². The second-order valence-corrected chi connectivity index (χ2v) is 10.5. The topological polar surface area (TPSA) is 75.7 Å². The van der Waals surface area contributed by atoms with Crippen LogP contribution in [0.25, 0.3) is 0 Å². The van der Waals surface area contributed by atoms with Crippen molar-refractivity contribution in [1.82, 2.24) is 4.31 Å². The summed E-state index contributed by atoms with van der Waals surface area (Å²) in [6.45, 7) is 3.56. The van der Waals surface area contributed by atoms with Crippen LogP contribution in [-0.4, -0.2) is 50.7 Å². The Labute approximate surface area is 184 Å². The fourth-order valence-corrected chi connectivity index (χ4v) is 5.75. The second-order valence-electron chi connectivity index (χ2n) is 6.69. The van der Waals surface area contributed by atoms with Gasteiger partial charge in [-0.25, -0.2) is 8.42 Å². The van der Waals surface area contributed by atoms with Crippen molar-refractivity contribution < 1.29 is 17.9 Å². The number of aryl methyl sites for hydroxylation is 1. The van der Waals surface area contributed by atoms with Gasteiger partial charge in [-0.1, -0.05) is 18.2 Å². The Hall–Kier alpha value is -1.39. The lowest BCUT2D eigenvalue weighted by molar-refractivity contribution is -0.113. The van der Waals surface area contributed by atoms with E-state index in [9.17, 15) is 13.2 Å². The molecule has 0 aliphatic carbocycles. The molecule has 6 nitrogen and oxygen atoms in total. The fraction of sp³-hybridized carbons (Fsp3) is 0.350. The van der Waals surface area contributed by atoms with Gasteiger partial charge in [0.2, 0.25) is 15.9 Å². The summed E-state index contributed by atoms with van der Waals surface area (Å²) in [5.41, 5.74) is 2.71. The smallest absolute Gasteiger partial charge is 0.243 e. The quantitative estimate of drug-likeness (QED) is 0.630. The van der Waals surface area contributed by atoms with Crippen LogP contribution >= 0.6 is 27.7 Å². The molecule has 0 unspecified atom stereocenters. The summed E-state index contributed by atoms with van der Waals surface area (Å²) in [6, 6.07) is 12.7. The summed E-state index contributed by atoms with van der Waals surface area (Å²) in [5.74, 6) is 0.729. The van der Waals surface area contributed by atoms with E-state index in [0.29, 0.717) is 32.1 Å². The lowest BCUT2D eigenvalue weighted by Gasteiger charge is -2.26. The van der Waals surface area contributed by atoms with E-state index in [4.69, 9.17) is 4.74 Å². The van der Waals surface area contributed by atoms with E-state index < -0.39 is 10.0 Å². The Balaban J connectivity index is 1.56. The number of nitrogens with zero attached hydrogens (tertiary/aromatic N) is 1. The van der Waals surface area contributed by atoms with Gasteiger partial charge in [0.1, 0.15) is 0 Å². The zero-order valence-corrected chi connectivity index (χ0v) is 19.3. The zero-order valence-electron chi connectivity index (χ0n) is 16.1. The first-order valence-corrected chi connectivity index (χ1v) is 12.6. The van der Waals surface area contributed by atoms with Crippen molar-refractivity contribution in [1.29, 1.82) is 0 Å². The molecule has 1 saturated heterocycles. The van der Waals surface area contributed by atoms with Gasteiger partial charge in [0, 0.05) is 23.3 Å². The van der Waals surface area contributed by atoms with E-state index in [1.54, 1.807) is 18.2 Å². The van der Waals surface area contributed by atoms with Crippen molar-refractivity contribution in [3.8, 4) is 0 Å². The van der Waals surface area contributed by atoms with E-state index in [1.807, 2.05) is 31.2 Å². The number of rotatable bonds is 7. The van der Waals surface area contributed by atoms with Crippen molar-refractivity contribution in [3.63, 3.8) is 0 Å². The lowest BCUT2D eigenvalue weighted by atomic mass is 10.2. The average molecular weight is 499 g/mol. The number of carbonyl (C=O) groups excluding carboxylic acids is 1. The number of thioether (sulfide) groups is 1. The Morgan fingerprint density at radius 3 is 2.69 bits per heavy atom. The van der Waals surface area contributed by atoms with Crippen LogP contribution < -0.4 is 5.32 Å². The van der Waals surface area contributed by atoms with Gasteiger partial charge >= 0.3 is 0 Å². The van der Waals surface area contributed by atoms with Crippen LogP contribution in [0.2, 0.25) is 0 Å². The highest BCUT2D eigenvalue weighted by atomic mass is 79.9. The molecule has 0 spiro atoms. The molecule has 1 fully saturated rings. The molecule has 9 heteroatoms. The third-order valence-corrected chi connectivity index (χ3v) is 7.96. The maximum atomic E-state index is 12.8. The molecular weight excluding hydrogens is 476 g/mol. The molecule has 0 atom stereocenters. The molecule has 1 N–H and O–H groups in total. The van der Waals surface area contributed by atoms with Gasteiger partial charge in [-0.2, -0.15) is 4.31 Å². The molecule has 0 saturated carbocycles. The molecule has 2 aromatic carbocycles. The standard InChI is InChI=1S/C20H23BrN2O4S2/c1-15-5-6-19(18(21)11-15)22-20(24)14-28-13-16-3-2-4-17(12-16)29(25,26)23-7-9-27-10-8-23/h2-6,11-12H,7-10,13-14H2,1H3,(H,22,24). The predicted octanol–water partition coefficient (Wildman–Crippen LogP) is 3.65. The van der Waals surface area contributed by atoms with Crippen molar-refractivity contribution in [2.75, 3.05) is 37.4 Å². The monoisotopic (exact) mass is 498 g/mol. The Morgan fingerprint density at radius 1 is 1.21 bits per heavy atom. The molecule has 0 radical (unpaired) electrons. The number of morpholine rings is 1. The first-order valence-electron chi connectivity index (χ1n) is 9.17. The molecule has 1 aliphatic heterocycles. The number of nitrogens with one attached hydrogen (secondary N) is 1. The van der Waals surface area contributed by atoms with Crippen LogP contribution in [0.4, 0.5) is 5.69 Å². The van der Waals surface area contributed by atoms with Crippen LogP contribution in [0.5, 0.6) is 0 Å². The number of benzene rings is 2. The highest BCUT2D eigenvalue weighted by Crippen LogP contribution is 2.24. The zero-order chi connectivity index (χ0) is 20.9. The molecule has 1 aliphatic rings. The fourth-order valence-electron chi connectivity index (χ4n) is 2.90. The van der Waals surface area contributed by atoms with Crippen LogP contribution in [0.1, 0.15) is 11.1 Å². The molecule has 156 valence electrons. The average Bonchev–Trinajstić information content (AvgIpc) is 2.71. The largest absolute Gasteiger partial charge is 0.379 e. The highest BCUT2D eigenvalue weighted by Gasteiger charge is 2.26. The lowest BCUT2D eigenvalue weighted by Crippen LogP contribution is -2.40. The molecule has 0 bridgehead atoms. The number of hydrogen-bond donors (Lipinski definition) is 1. The van der Waals surface area contributed by atoms with Crippen molar-refractivity contribution in [2.24, 2.45) is 0 Å². The van der Waals surface area contributed by atoms with Gasteiger partial charge in [0.05, 0.1) is 29.5 Å². The Bertz CT molecular complexity index is 976. The number of amides is 1. The SMILES string of the molecule is Cc1ccc(NC(=O)CSCc2cccc(S(=O)(=O)N3CCOCC3)c2)c(Br)c1. The van der Waals surface area contributed by atoms with Gasteiger partial charge in [-0.3, -0.25) is 4.79 Å². The maximum absolute atomic E-state index is 12.8. The molecule has 29 heavy (non-hydrogen) atoms. The third-order valence-electron chi connectivity index (χ3n) is 4.41. The molecule has 1 amide bonds. The van der Waals surface area contributed by atoms with Crippen molar-refractivity contribution >= 4 is 49.3 Å². The first kappa shape index (κ1) is 22.3. The van der Waals surface area contributed by atoms with Gasteiger partial charge in [-0.15, -0.1) is 11.8 Å². The summed E-state index contributed by atoms with van der Waals surface area (Å²) in [4.78, 5) is 12.5. The van der Waals surface area contributed by atoms with E-state index in [2.05, 4.69) is 21.2 Å². The first-order chi connectivity index (χ1) is 13.9. The number of hydrogen-bond acceptors (Lipinski definition) is 5. The molecular formula is C20H23BrN2O4S2. The summed E-state index contributed by atoms with van der Waals surface area (Å²) >= 11 is 4.89. The summed E-state index contributed by atoms with van der Waals surface area (Å²) in [5, 5.41) is 2.88. The summed E-state index contributed by atoms with van der Waals surface area (Å²) in [7, 11) is -3.52. The van der Waals surface area contributed by atoms with E-state index in [-0.39, 0.29) is 16.6 Å². The molecule has 3 rings (SSSR count). The predicted molar refractivity (Wildman–Crippen MR) is 120 cm³/mol. The number of sulfonamides is 1. The minimum Gasteiger partial charge on any atom is -0.379 e. The number of carbonyl (C=O) groups is 1. The second kappa shape index (κ2) is 10.1. The molecule has 0 aromatic heterocycles. The van der Waals surface area contributed by atoms with Gasteiger partial charge in [0.15, 0.2) is 0 Å². The number of anilines is 1. The highest BCUT2D eigenvalue weighted by molar-refractivity contribution is 9.10. The summed E-state index contributed by atoms with van der Waals surface area (Å²) in [6.07, 6.45) is 0. The van der Waals surface area contributed by atoms with E-state index in [1.165, 1.54) is 16.1 Å². The van der Waals surface area contributed by atoms with Crippen LogP contribution in [0, 0.1) is 6.92 Å². The van der Waals surface area contributed by atoms with Gasteiger partial charge in [-0.05, 0) is 58.2 Å². The van der Waals surface area contributed by atoms with Gasteiger partial charge in [0.25, 0.3) is 0 Å². The van der Waals surface area contributed by atoms with Gasteiger partial charge < -0.3 is 10.1 Å². The van der Waals surface area contributed by atoms with Crippen molar-refractivity contribution in [2.45, 2.75) is 17.6 Å². The molecule has 2 aromatic rings. The minimum atomic E-state index is -3.52. The number of ether oxygens (including phenoxy) is 1. The Kier molecular flexibility index (Phi) is 7.75. The van der Waals surface area contributed by atoms with Crippen LogP contribution in [0.15, 0.2) is 51.8 Å². The summed E-state index contributed by atoms with van der Waals surface area (Å²) < 4.78 is 33.1. The minimum absolute atomic E-state index is 0.100. The Morgan fingerprint density at radius 2 is 1.97 bits per heavy atom. The third kappa shape index (κ3) is 6.05.